The quantitative estimate of drug-likeness (QED) is 0.718. The molecule has 1 aliphatic carbocycles. The first-order chi connectivity index (χ1) is 10.3. The molecule has 2 atom stereocenters. The smallest absolute Gasteiger partial charge is 0.0432 e. The molecular weight excluding hydrogens is 278 g/mol. The Balaban J connectivity index is 1.72. The van der Waals surface area contributed by atoms with Crippen LogP contribution < -0.4 is 4.90 Å². The first-order valence-electron chi connectivity index (χ1n) is 7.93. The average molecular weight is 298 g/mol. The summed E-state index contributed by atoms with van der Waals surface area (Å²) in [7, 11) is 0. The minimum Gasteiger partial charge on any atom is -0.363 e. The Morgan fingerprint density at radius 2 is 1.81 bits per heavy atom. The van der Waals surface area contributed by atoms with Crippen molar-refractivity contribution in [2.24, 2.45) is 0 Å². The molecule has 2 heteroatoms. The average Bonchev–Trinajstić information content (AvgIpc) is 2.82. The number of benzene rings is 2. The molecular formula is C19H20ClN. The van der Waals surface area contributed by atoms with Gasteiger partial charge >= 0.3 is 0 Å². The fourth-order valence-electron chi connectivity index (χ4n) is 4.09. The van der Waals surface area contributed by atoms with Gasteiger partial charge in [0.25, 0.3) is 0 Å². The molecule has 4 rings (SSSR count). The molecule has 2 aromatic carbocycles. The van der Waals surface area contributed by atoms with Gasteiger partial charge in [-0.15, -0.1) is 0 Å². The molecule has 2 aromatic rings. The lowest BCUT2D eigenvalue weighted by atomic mass is 9.82. The van der Waals surface area contributed by atoms with Crippen LogP contribution in [0.4, 0.5) is 5.69 Å². The molecule has 0 amide bonds. The van der Waals surface area contributed by atoms with Gasteiger partial charge in [-0.1, -0.05) is 54.8 Å². The topological polar surface area (TPSA) is 3.24 Å². The fraction of sp³-hybridized carbons (Fsp3) is 0.368. The van der Waals surface area contributed by atoms with E-state index in [1.165, 1.54) is 42.5 Å². The summed E-state index contributed by atoms with van der Waals surface area (Å²) in [5.74, 6) is 0.677. The first kappa shape index (κ1) is 13.2. The van der Waals surface area contributed by atoms with Gasteiger partial charge in [0.05, 0.1) is 0 Å². The molecule has 1 fully saturated rings. The maximum absolute atomic E-state index is 6.24. The number of anilines is 1. The molecule has 2 aliphatic rings. The van der Waals surface area contributed by atoms with Gasteiger partial charge in [-0.05, 0) is 42.2 Å². The lowest BCUT2D eigenvalue weighted by Crippen LogP contribution is -2.35. The molecule has 21 heavy (non-hydrogen) atoms. The van der Waals surface area contributed by atoms with E-state index in [1.807, 2.05) is 6.07 Å². The SMILES string of the molecule is Clc1ccc2c(c1)C1CCCCC1N2Cc1ccccc1. The van der Waals surface area contributed by atoms with E-state index in [1.54, 1.807) is 0 Å². The number of hydrogen-bond donors (Lipinski definition) is 0. The zero-order valence-electron chi connectivity index (χ0n) is 12.1. The summed E-state index contributed by atoms with van der Waals surface area (Å²) in [6.45, 7) is 1.01. The molecule has 0 saturated heterocycles. The highest BCUT2D eigenvalue weighted by atomic mass is 35.5. The Kier molecular flexibility index (Phi) is 3.39. The molecule has 0 radical (unpaired) electrons. The summed E-state index contributed by atoms with van der Waals surface area (Å²) in [6, 6.07) is 17.9. The standard InChI is InChI=1S/C19H20ClN/c20-15-10-11-19-17(12-15)16-8-4-5-9-18(16)21(19)13-14-6-2-1-3-7-14/h1-3,6-7,10-12,16,18H,4-5,8-9,13H2. The Bertz CT molecular complexity index is 637. The van der Waals surface area contributed by atoms with Crippen LogP contribution in [0.15, 0.2) is 48.5 Å². The van der Waals surface area contributed by atoms with E-state index in [0.29, 0.717) is 12.0 Å². The molecule has 1 nitrogen and oxygen atoms in total. The molecule has 1 heterocycles. The number of hydrogen-bond acceptors (Lipinski definition) is 1. The Hall–Kier alpha value is -1.47. The highest BCUT2D eigenvalue weighted by Crippen LogP contribution is 2.48. The Morgan fingerprint density at radius 1 is 1.00 bits per heavy atom. The zero-order valence-corrected chi connectivity index (χ0v) is 12.9. The van der Waals surface area contributed by atoms with Crippen LogP contribution in [0.2, 0.25) is 5.02 Å². The second kappa shape index (κ2) is 5.38. The van der Waals surface area contributed by atoms with E-state index in [4.69, 9.17) is 11.6 Å². The number of rotatable bonds is 2. The highest BCUT2D eigenvalue weighted by molar-refractivity contribution is 6.30. The van der Waals surface area contributed by atoms with Crippen molar-refractivity contribution in [3.63, 3.8) is 0 Å². The van der Waals surface area contributed by atoms with Crippen LogP contribution >= 0.6 is 11.6 Å². The number of nitrogens with zero attached hydrogens (tertiary/aromatic N) is 1. The number of halogens is 1. The second-order valence-corrected chi connectivity index (χ2v) is 6.71. The van der Waals surface area contributed by atoms with Gasteiger partial charge in [0.15, 0.2) is 0 Å². The van der Waals surface area contributed by atoms with E-state index in [0.717, 1.165) is 11.6 Å². The molecule has 1 aliphatic heterocycles. The zero-order chi connectivity index (χ0) is 14.2. The van der Waals surface area contributed by atoms with Crippen molar-refractivity contribution in [1.82, 2.24) is 0 Å². The van der Waals surface area contributed by atoms with Gasteiger partial charge in [0.2, 0.25) is 0 Å². The minimum atomic E-state index is 0.660. The van der Waals surface area contributed by atoms with E-state index in [-0.39, 0.29) is 0 Å². The molecule has 0 N–H and O–H groups in total. The summed E-state index contributed by atoms with van der Waals surface area (Å²) >= 11 is 6.24. The molecule has 2 unspecified atom stereocenters. The van der Waals surface area contributed by atoms with Gasteiger partial charge in [-0.3, -0.25) is 0 Å². The van der Waals surface area contributed by atoms with Crippen molar-refractivity contribution < 1.29 is 0 Å². The van der Waals surface area contributed by atoms with Crippen LogP contribution in [0, 0.1) is 0 Å². The summed E-state index contributed by atoms with van der Waals surface area (Å²) in [4.78, 5) is 2.62. The third-order valence-electron chi connectivity index (χ3n) is 5.02. The van der Waals surface area contributed by atoms with E-state index >= 15 is 0 Å². The monoisotopic (exact) mass is 297 g/mol. The maximum Gasteiger partial charge on any atom is 0.0432 e. The molecule has 0 aromatic heterocycles. The normalized spacial score (nSPS) is 23.8. The van der Waals surface area contributed by atoms with Crippen molar-refractivity contribution in [3.05, 3.63) is 64.7 Å². The summed E-state index contributed by atoms with van der Waals surface area (Å²) < 4.78 is 0. The Morgan fingerprint density at radius 3 is 2.67 bits per heavy atom. The van der Waals surface area contributed by atoms with Gasteiger partial charge in [0.1, 0.15) is 0 Å². The highest BCUT2D eigenvalue weighted by Gasteiger charge is 2.39. The predicted octanol–water partition coefficient (Wildman–Crippen LogP) is 5.39. The third-order valence-corrected chi connectivity index (χ3v) is 5.26. The van der Waals surface area contributed by atoms with Crippen LogP contribution in [0.25, 0.3) is 0 Å². The fourth-order valence-corrected chi connectivity index (χ4v) is 4.27. The Labute approximate surface area is 131 Å². The van der Waals surface area contributed by atoms with Crippen LogP contribution in [-0.2, 0) is 6.54 Å². The van der Waals surface area contributed by atoms with E-state index in [9.17, 15) is 0 Å². The lowest BCUT2D eigenvalue weighted by molar-refractivity contribution is 0.385. The molecule has 0 spiro atoms. The van der Waals surface area contributed by atoms with Crippen LogP contribution in [-0.4, -0.2) is 6.04 Å². The van der Waals surface area contributed by atoms with Crippen LogP contribution in [0.1, 0.15) is 42.7 Å². The first-order valence-corrected chi connectivity index (χ1v) is 8.31. The summed E-state index contributed by atoms with van der Waals surface area (Å²) in [5, 5.41) is 0.875. The summed E-state index contributed by atoms with van der Waals surface area (Å²) in [5.41, 5.74) is 4.27. The van der Waals surface area contributed by atoms with E-state index in [2.05, 4.69) is 47.4 Å². The minimum absolute atomic E-state index is 0.660. The maximum atomic E-state index is 6.24. The largest absolute Gasteiger partial charge is 0.363 e. The third kappa shape index (κ3) is 2.34. The van der Waals surface area contributed by atoms with Crippen LogP contribution in [0.3, 0.4) is 0 Å². The van der Waals surface area contributed by atoms with Crippen LogP contribution in [0.5, 0.6) is 0 Å². The predicted molar refractivity (Wildman–Crippen MR) is 89.1 cm³/mol. The van der Waals surface area contributed by atoms with Crippen molar-refractivity contribution in [2.45, 2.75) is 44.2 Å². The van der Waals surface area contributed by atoms with Gasteiger partial charge in [0, 0.05) is 29.2 Å². The number of fused-ring (bicyclic) bond motifs is 3. The second-order valence-electron chi connectivity index (χ2n) is 6.27. The van der Waals surface area contributed by atoms with Gasteiger partial charge in [-0.2, -0.15) is 0 Å². The molecule has 108 valence electrons. The molecule has 0 bridgehead atoms. The molecule has 1 saturated carbocycles. The van der Waals surface area contributed by atoms with E-state index < -0.39 is 0 Å². The van der Waals surface area contributed by atoms with Gasteiger partial charge < -0.3 is 4.90 Å². The lowest BCUT2D eigenvalue weighted by Gasteiger charge is -2.33. The van der Waals surface area contributed by atoms with Crippen molar-refractivity contribution in [2.75, 3.05) is 4.90 Å². The van der Waals surface area contributed by atoms with Crippen molar-refractivity contribution in [3.8, 4) is 0 Å². The summed E-state index contributed by atoms with van der Waals surface area (Å²) in [6.07, 6.45) is 5.33. The van der Waals surface area contributed by atoms with Gasteiger partial charge in [-0.25, -0.2) is 0 Å². The van der Waals surface area contributed by atoms with Crippen molar-refractivity contribution >= 4 is 17.3 Å². The van der Waals surface area contributed by atoms with Crippen molar-refractivity contribution in [1.29, 1.82) is 0 Å².